The SMILES string of the molecule is C/C=C\CC.C=CC1C=CN=C(C(=C)C)C1.CC.CCCC.CCCCCCCC. The third-order valence-corrected chi connectivity index (χ3v) is 4.22. The highest BCUT2D eigenvalue weighted by atomic mass is 14.7. The summed E-state index contributed by atoms with van der Waals surface area (Å²) < 4.78 is 0. The molecule has 1 aliphatic heterocycles. The summed E-state index contributed by atoms with van der Waals surface area (Å²) in [6.07, 6.45) is 23.3. The molecule has 0 spiro atoms. The van der Waals surface area contributed by atoms with E-state index in [1.807, 2.05) is 40.0 Å². The minimum Gasteiger partial charge on any atom is -0.261 e. The van der Waals surface area contributed by atoms with Crippen molar-refractivity contribution < 1.29 is 0 Å². The molecule has 1 nitrogen and oxygen atoms in total. The normalized spacial score (nSPS) is 13.8. The molecule has 0 saturated heterocycles. The van der Waals surface area contributed by atoms with Crippen LogP contribution in [-0.4, -0.2) is 5.71 Å². The van der Waals surface area contributed by atoms with Crippen LogP contribution in [-0.2, 0) is 0 Å². The van der Waals surface area contributed by atoms with Crippen molar-refractivity contribution >= 4 is 5.71 Å². The third kappa shape index (κ3) is 34.2. The van der Waals surface area contributed by atoms with Gasteiger partial charge in [0.05, 0.1) is 0 Å². The molecule has 1 rings (SSSR count). The van der Waals surface area contributed by atoms with Crippen LogP contribution in [0.25, 0.3) is 0 Å². The average molecular weight is 420 g/mol. The molecule has 0 aromatic heterocycles. The van der Waals surface area contributed by atoms with Crippen LogP contribution >= 0.6 is 0 Å². The highest BCUT2D eigenvalue weighted by Gasteiger charge is 2.09. The van der Waals surface area contributed by atoms with Gasteiger partial charge in [-0.25, -0.2) is 0 Å². The highest BCUT2D eigenvalue weighted by Crippen LogP contribution is 2.16. The van der Waals surface area contributed by atoms with E-state index in [0.29, 0.717) is 5.92 Å². The standard InChI is InChI=1S/C10H13N.C8H18.C5H10.C4H10.C2H6/c1-4-9-5-6-11-10(7-9)8(2)3;1-3-5-7-8-6-4-2;1-3-5-4-2;1-3-4-2;1-2/h4-6,9H,1-2,7H2,3H3;3-8H2,1-2H3;3,5H,4H2,1-2H3;3-4H2,1-2H3;1-2H3/b;;5-3-;;. The number of unbranched alkanes of at least 4 members (excludes halogenated alkanes) is 6. The van der Waals surface area contributed by atoms with Crippen LogP contribution in [0, 0.1) is 5.92 Å². The summed E-state index contributed by atoms with van der Waals surface area (Å²) in [7, 11) is 0. The van der Waals surface area contributed by atoms with Gasteiger partial charge in [0.15, 0.2) is 0 Å². The Hall–Kier alpha value is -1.37. The molecule has 0 saturated carbocycles. The van der Waals surface area contributed by atoms with Gasteiger partial charge >= 0.3 is 0 Å². The largest absolute Gasteiger partial charge is 0.261 e. The molecule has 0 radical (unpaired) electrons. The second-order valence-electron chi connectivity index (χ2n) is 7.19. The van der Waals surface area contributed by atoms with Gasteiger partial charge < -0.3 is 0 Å². The van der Waals surface area contributed by atoms with Crippen LogP contribution in [0.5, 0.6) is 0 Å². The van der Waals surface area contributed by atoms with Crippen molar-refractivity contribution in [3.8, 4) is 0 Å². The smallest absolute Gasteiger partial charge is 0.0435 e. The number of rotatable bonds is 9. The third-order valence-electron chi connectivity index (χ3n) is 4.22. The lowest BCUT2D eigenvalue weighted by Crippen LogP contribution is -2.08. The van der Waals surface area contributed by atoms with Gasteiger partial charge in [-0.3, -0.25) is 4.99 Å². The van der Waals surface area contributed by atoms with Crippen molar-refractivity contribution in [2.75, 3.05) is 0 Å². The van der Waals surface area contributed by atoms with Crippen LogP contribution in [0.4, 0.5) is 0 Å². The van der Waals surface area contributed by atoms with Gasteiger partial charge in [0.25, 0.3) is 0 Å². The lowest BCUT2D eigenvalue weighted by Gasteiger charge is -2.13. The Balaban J connectivity index is -0.000000157. The molecular weight excluding hydrogens is 362 g/mol. The maximum absolute atomic E-state index is 4.22. The van der Waals surface area contributed by atoms with Crippen molar-refractivity contribution in [1.29, 1.82) is 0 Å². The molecule has 0 amide bonds. The first-order chi connectivity index (χ1) is 14.5. The van der Waals surface area contributed by atoms with E-state index in [-0.39, 0.29) is 0 Å². The summed E-state index contributed by atoms with van der Waals surface area (Å²) in [6, 6.07) is 0. The average Bonchev–Trinajstić information content (AvgIpc) is 2.79. The summed E-state index contributed by atoms with van der Waals surface area (Å²) >= 11 is 0. The maximum Gasteiger partial charge on any atom is 0.0435 e. The van der Waals surface area contributed by atoms with Crippen LogP contribution in [0.3, 0.4) is 0 Å². The molecule has 0 fully saturated rings. The summed E-state index contributed by atoms with van der Waals surface area (Å²) in [5, 5.41) is 0. The number of nitrogens with zero attached hydrogens (tertiary/aromatic N) is 1. The molecule has 1 unspecified atom stereocenters. The van der Waals surface area contributed by atoms with Crippen LogP contribution in [0.1, 0.15) is 127 Å². The number of aliphatic imine (C=N–C) groups is 1. The van der Waals surface area contributed by atoms with Crippen molar-refractivity contribution in [3.05, 3.63) is 49.2 Å². The van der Waals surface area contributed by atoms with Crippen LogP contribution in [0.2, 0.25) is 0 Å². The van der Waals surface area contributed by atoms with E-state index in [1.165, 1.54) is 51.4 Å². The fraction of sp³-hybridized carbons (Fsp3) is 0.690. The van der Waals surface area contributed by atoms with Gasteiger partial charge in [0.2, 0.25) is 0 Å². The minimum absolute atomic E-state index is 0.444. The first kappa shape index (κ1) is 36.0. The van der Waals surface area contributed by atoms with E-state index in [9.17, 15) is 0 Å². The van der Waals surface area contributed by atoms with E-state index >= 15 is 0 Å². The first-order valence-electron chi connectivity index (χ1n) is 12.6. The number of allylic oxidation sites excluding steroid dienone is 5. The van der Waals surface area contributed by atoms with Crippen molar-refractivity contribution in [3.63, 3.8) is 0 Å². The molecule has 1 aliphatic rings. The zero-order valence-electron chi connectivity index (χ0n) is 22.4. The fourth-order valence-electron chi connectivity index (χ4n) is 2.12. The molecule has 0 aromatic carbocycles. The molecule has 30 heavy (non-hydrogen) atoms. The Bertz CT molecular complexity index is 404. The molecular formula is C29H57N. The van der Waals surface area contributed by atoms with E-state index < -0.39 is 0 Å². The number of hydrogen-bond acceptors (Lipinski definition) is 1. The first-order valence-corrected chi connectivity index (χ1v) is 12.6. The molecule has 1 atom stereocenters. The van der Waals surface area contributed by atoms with E-state index in [2.05, 4.69) is 71.0 Å². The second-order valence-corrected chi connectivity index (χ2v) is 7.19. The van der Waals surface area contributed by atoms with Crippen LogP contribution < -0.4 is 0 Å². The topological polar surface area (TPSA) is 12.4 Å². The van der Waals surface area contributed by atoms with E-state index in [0.717, 1.165) is 24.1 Å². The van der Waals surface area contributed by atoms with Gasteiger partial charge in [0, 0.05) is 17.8 Å². The molecule has 0 aliphatic carbocycles. The highest BCUT2D eigenvalue weighted by molar-refractivity contribution is 6.00. The lowest BCUT2D eigenvalue weighted by molar-refractivity contribution is 0.624. The lowest BCUT2D eigenvalue weighted by atomic mass is 9.97. The molecule has 1 heterocycles. The van der Waals surface area contributed by atoms with E-state index in [1.54, 1.807) is 0 Å². The summed E-state index contributed by atoms with van der Waals surface area (Å²) in [6.45, 7) is 26.6. The molecule has 0 N–H and O–H groups in total. The zero-order valence-corrected chi connectivity index (χ0v) is 22.4. The molecule has 178 valence electrons. The number of hydrogen-bond donors (Lipinski definition) is 0. The van der Waals surface area contributed by atoms with E-state index in [4.69, 9.17) is 0 Å². The molecule has 1 heteroatoms. The minimum atomic E-state index is 0.444. The van der Waals surface area contributed by atoms with Gasteiger partial charge in [-0.05, 0) is 32.3 Å². The van der Waals surface area contributed by atoms with Gasteiger partial charge in [-0.2, -0.15) is 0 Å². The summed E-state index contributed by atoms with van der Waals surface area (Å²) in [4.78, 5) is 4.22. The van der Waals surface area contributed by atoms with Crippen molar-refractivity contribution in [2.45, 2.75) is 127 Å². The molecule has 0 aromatic rings. The van der Waals surface area contributed by atoms with Gasteiger partial charge in [-0.15, -0.1) is 6.58 Å². The van der Waals surface area contributed by atoms with Crippen LogP contribution in [0.15, 0.2) is 54.2 Å². The van der Waals surface area contributed by atoms with Crippen molar-refractivity contribution in [1.82, 2.24) is 0 Å². The quantitative estimate of drug-likeness (QED) is 0.260. The predicted octanol–water partition coefficient (Wildman–Crippen LogP) is 10.9. The summed E-state index contributed by atoms with van der Waals surface area (Å²) in [5.74, 6) is 0.444. The monoisotopic (exact) mass is 419 g/mol. The fourth-order valence-corrected chi connectivity index (χ4v) is 2.12. The zero-order chi connectivity index (χ0) is 24.0. The Labute approximate surface area is 192 Å². The second kappa shape index (κ2) is 35.1. The van der Waals surface area contributed by atoms with Gasteiger partial charge in [-0.1, -0.05) is 131 Å². The molecule has 0 bridgehead atoms. The van der Waals surface area contributed by atoms with Crippen molar-refractivity contribution in [2.24, 2.45) is 10.9 Å². The Morgan fingerprint density at radius 2 is 1.47 bits per heavy atom. The van der Waals surface area contributed by atoms with Gasteiger partial charge in [0.1, 0.15) is 0 Å². The predicted molar refractivity (Wildman–Crippen MR) is 146 cm³/mol. The summed E-state index contributed by atoms with van der Waals surface area (Å²) in [5.41, 5.74) is 2.15. The Morgan fingerprint density at radius 3 is 1.73 bits per heavy atom. The Kier molecular flexibility index (Phi) is 42.1. The Morgan fingerprint density at radius 1 is 0.967 bits per heavy atom. The maximum atomic E-state index is 4.22.